The quantitative estimate of drug-likeness (QED) is 0.859. The second-order valence-electron chi connectivity index (χ2n) is 6.43. The Morgan fingerprint density at radius 1 is 1.41 bits per heavy atom. The number of likely N-dealkylation sites (tertiary alicyclic amines) is 2. The van der Waals surface area contributed by atoms with Crippen molar-refractivity contribution >= 4 is 23.2 Å². The van der Waals surface area contributed by atoms with Gasteiger partial charge >= 0.3 is 0 Å². The second kappa shape index (κ2) is 6.82. The van der Waals surface area contributed by atoms with Crippen molar-refractivity contribution < 1.29 is 9.59 Å². The second-order valence-corrected chi connectivity index (χ2v) is 7.46. The van der Waals surface area contributed by atoms with Gasteiger partial charge in [0.1, 0.15) is 0 Å². The van der Waals surface area contributed by atoms with Crippen molar-refractivity contribution in [1.29, 1.82) is 0 Å². The van der Waals surface area contributed by atoms with Gasteiger partial charge in [-0.2, -0.15) is 0 Å². The molecule has 0 saturated carbocycles. The molecule has 2 saturated heterocycles. The highest BCUT2D eigenvalue weighted by Gasteiger charge is 2.36. The highest BCUT2D eigenvalue weighted by molar-refractivity contribution is 7.09. The van der Waals surface area contributed by atoms with E-state index < -0.39 is 0 Å². The molecule has 2 amide bonds. The monoisotopic (exact) mass is 320 g/mol. The maximum atomic E-state index is 12.4. The number of nitrogens with zero attached hydrogens (tertiary/aromatic N) is 2. The third-order valence-electron chi connectivity index (χ3n) is 5.07. The lowest BCUT2D eigenvalue weighted by molar-refractivity contribution is -0.136. The van der Waals surface area contributed by atoms with E-state index in [0.717, 1.165) is 38.8 Å². The smallest absolute Gasteiger partial charge is 0.222 e. The molecular weight excluding hydrogens is 296 g/mol. The van der Waals surface area contributed by atoms with Crippen LogP contribution in [0.2, 0.25) is 0 Å². The Morgan fingerprint density at radius 2 is 2.27 bits per heavy atom. The molecule has 22 heavy (non-hydrogen) atoms. The van der Waals surface area contributed by atoms with Crippen LogP contribution in [-0.2, 0) is 16.0 Å². The van der Waals surface area contributed by atoms with Crippen LogP contribution in [-0.4, -0.2) is 47.8 Å². The number of amides is 2. The number of fused-ring (bicyclic) bond motifs is 1. The van der Waals surface area contributed by atoms with Gasteiger partial charge in [0.15, 0.2) is 0 Å². The van der Waals surface area contributed by atoms with Crippen LogP contribution in [0, 0.1) is 5.92 Å². The number of piperidine rings is 1. The Labute approximate surface area is 136 Å². The zero-order valence-corrected chi connectivity index (χ0v) is 14.0. The van der Waals surface area contributed by atoms with Gasteiger partial charge in [0.2, 0.25) is 11.8 Å². The van der Waals surface area contributed by atoms with Crippen LogP contribution in [0.3, 0.4) is 0 Å². The normalized spacial score (nSPS) is 25.8. The zero-order chi connectivity index (χ0) is 15.5. The van der Waals surface area contributed by atoms with Crippen LogP contribution in [0.1, 0.15) is 37.0 Å². The van der Waals surface area contributed by atoms with Crippen molar-refractivity contribution in [3.8, 4) is 0 Å². The summed E-state index contributed by atoms with van der Waals surface area (Å²) in [6.07, 6.45) is 5.07. The molecule has 2 aliphatic rings. The predicted molar refractivity (Wildman–Crippen MR) is 87.7 cm³/mol. The Bertz CT molecular complexity index is 529. The third-order valence-corrected chi connectivity index (χ3v) is 6.00. The van der Waals surface area contributed by atoms with Gasteiger partial charge in [-0.25, -0.2) is 0 Å². The van der Waals surface area contributed by atoms with Crippen LogP contribution < -0.4 is 0 Å². The molecule has 1 aromatic heterocycles. The highest BCUT2D eigenvalue weighted by atomic mass is 32.1. The molecule has 2 fully saturated rings. The number of rotatable bonds is 3. The number of aryl methyl sites for hydroxylation is 1. The molecule has 4 nitrogen and oxygen atoms in total. The van der Waals surface area contributed by atoms with Crippen molar-refractivity contribution in [1.82, 2.24) is 9.80 Å². The van der Waals surface area contributed by atoms with Crippen LogP contribution >= 0.6 is 11.3 Å². The zero-order valence-electron chi connectivity index (χ0n) is 13.2. The van der Waals surface area contributed by atoms with Gasteiger partial charge < -0.3 is 9.80 Å². The van der Waals surface area contributed by atoms with E-state index in [4.69, 9.17) is 0 Å². The van der Waals surface area contributed by atoms with Gasteiger partial charge in [0.05, 0.1) is 0 Å². The van der Waals surface area contributed by atoms with E-state index in [1.807, 2.05) is 22.9 Å². The van der Waals surface area contributed by atoms with Crippen LogP contribution in [0.25, 0.3) is 0 Å². The van der Waals surface area contributed by atoms with E-state index in [0.29, 0.717) is 24.8 Å². The van der Waals surface area contributed by atoms with E-state index in [1.165, 1.54) is 4.88 Å². The molecule has 3 rings (SSSR count). The summed E-state index contributed by atoms with van der Waals surface area (Å²) in [6, 6.07) is 4.46. The molecule has 0 spiro atoms. The average Bonchev–Trinajstić information content (AvgIpc) is 3.00. The van der Waals surface area contributed by atoms with E-state index in [9.17, 15) is 9.59 Å². The first-order valence-electron chi connectivity index (χ1n) is 8.21. The number of carbonyl (C=O) groups excluding carboxylic acids is 2. The SMILES string of the molecule is CN1C(=O)CCC[C@H]2CN(C(=O)CCc3cccs3)CC[C@H]21. The topological polar surface area (TPSA) is 40.6 Å². The molecular formula is C17H24N2O2S. The summed E-state index contributed by atoms with van der Waals surface area (Å²) < 4.78 is 0. The van der Waals surface area contributed by atoms with Gasteiger partial charge in [-0.05, 0) is 43.0 Å². The van der Waals surface area contributed by atoms with Crippen molar-refractivity contribution in [3.63, 3.8) is 0 Å². The molecule has 120 valence electrons. The first-order chi connectivity index (χ1) is 10.6. The maximum absolute atomic E-state index is 12.4. The molecule has 5 heteroatoms. The molecule has 0 radical (unpaired) electrons. The predicted octanol–water partition coefficient (Wildman–Crippen LogP) is 2.54. The summed E-state index contributed by atoms with van der Waals surface area (Å²) in [4.78, 5) is 29.7. The van der Waals surface area contributed by atoms with E-state index >= 15 is 0 Å². The summed E-state index contributed by atoms with van der Waals surface area (Å²) in [7, 11) is 1.93. The Balaban J connectivity index is 1.56. The maximum Gasteiger partial charge on any atom is 0.222 e. The van der Waals surface area contributed by atoms with E-state index in [2.05, 4.69) is 11.4 Å². The highest BCUT2D eigenvalue weighted by Crippen LogP contribution is 2.30. The molecule has 0 aromatic carbocycles. The van der Waals surface area contributed by atoms with Gasteiger partial charge in [-0.1, -0.05) is 6.07 Å². The Morgan fingerprint density at radius 3 is 3.05 bits per heavy atom. The average molecular weight is 320 g/mol. The Kier molecular flexibility index (Phi) is 4.81. The minimum Gasteiger partial charge on any atom is -0.342 e. The summed E-state index contributed by atoms with van der Waals surface area (Å²) in [5.41, 5.74) is 0. The van der Waals surface area contributed by atoms with Crippen LogP contribution in [0.5, 0.6) is 0 Å². The third kappa shape index (κ3) is 3.35. The van der Waals surface area contributed by atoms with E-state index in [1.54, 1.807) is 11.3 Å². The molecule has 2 atom stereocenters. The summed E-state index contributed by atoms with van der Waals surface area (Å²) in [5, 5.41) is 2.06. The lowest BCUT2D eigenvalue weighted by atomic mass is 9.88. The fraction of sp³-hybridized carbons (Fsp3) is 0.647. The minimum absolute atomic E-state index is 0.268. The van der Waals surface area contributed by atoms with Crippen LogP contribution in [0.15, 0.2) is 17.5 Å². The summed E-state index contributed by atoms with van der Waals surface area (Å²) >= 11 is 1.72. The Hall–Kier alpha value is -1.36. The van der Waals surface area contributed by atoms with Crippen LogP contribution in [0.4, 0.5) is 0 Å². The number of carbonyl (C=O) groups is 2. The van der Waals surface area contributed by atoms with Gasteiger partial charge in [-0.15, -0.1) is 11.3 Å². The fourth-order valence-corrected chi connectivity index (χ4v) is 4.47. The molecule has 0 unspecified atom stereocenters. The lowest BCUT2D eigenvalue weighted by Crippen LogP contribution is -2.51. The van der Waals surface area contributed by atoms with Crippen molar-refractivity contribution in [2.75, 3.05) is 20.1 Å². The van der Waals surface area contributed by atoms with Crippen molar-refractivity contribution in [3.05, 3.63) is 22.4 Å². The number of thiophene rings is 1. The van der Waals surface area contributed by atoms with E-state index in [-0.39, 0.29) is 11.8 Å². The first-order valence-corrected chi connectivity index (χ1v) is 9.09. The number of hydrogen-bond donors (Lipinski definition) is 0. The standard InChI is InChI=1S/C17H24N2O2S/c1-18-15-9-10-19(12-13(15)4-2-6-16(18)20)17(21)8-7-14-5-3-11-22-14/h3,5,11,13,15H,2,4,6-10,12H2,1H3/t13-,15+/m0/s1. The molecule has 0 aliphatic carbocycles. The molecule has 1 aromatic rings. The molecule has 0 N–H and O–H groups in total. The van der Waals surface area contributed by atoms with Crippen molar-refractivity contribution in [2.45, 2.75) is 44.6 Å². The van der Waals surface area contributed by atoms with Gasteiger partial charge in [0, 0.05) is 43.9 Å². The largest absolute Gasteiger partial charge is 0.342 e. The first kappa shape index (κ1) is 15.5. The lowest BCUT2D eigenvalue weighted by Gasteiger charge is -2.41. The summed E-state index contributed by atoms with van der Waals surface area (Å²) in [6.45, 7) is 1.62. The fourth-order valence-electron chi connectivity index (χ4n) is 3.76. The minimum atomic E-state index is 0.268. The van der Waals surface area contributed by atoms with Gasteiger partial charge in [0.25, 0.3) is 0 Å². The summed E-state index contributed by atoms with van der Waals surface area (Å²) in [5.74, 6) is 0.992. The van der Waals surface area contributed by atoms with Gasteiger partial charge in [-0.3, -0.25) is 9.59 Å². The number of hydrogen-bond acceptors (Lipinski definition) is 3. The molecule has 2 aliphatic heterocycles. The van der Waals surface area contributed by atoms with Crippen molar-refractivity contribution in [2.24, 2.45) is 5.92 Å². The molecule has 3 heterocycles. The molecule has 0 bridgehead atoms.